The van der Waals surface area contributed by atoms with Gasteiger partial charge in [-0.2, -0.15) is 0 Å². The third-order valence-corrected chi connectivity index (χ3v) is 3.58. The number of fused-ring (bicyclic) bond motifs is 1. The van der Waals surface area contributed by atoms with Crippen molar-refractivity contribution in [2.75, 3.05) is 11.9 Å². The fourth-order valence-corrected chi connectivity index (χ4v) is 2.66. The zero-order chi connectivity index (χ0) is 13.4. The molecule has 0 saturated heterocycles. The first kappa shape index (κ1) is 12.3. The smallest absolute Gasteiger partial charge is 0.208 e. The Morgan fingerprint density at radius 1 is 1.00 bits per heavy atom. The molecule has 0 spiro atoms. The van der Waals surface area contributed by atoms with Crippen LogP contribution in [0.5, 0.6) is 0 Å². The van der Waals surface area contributed by atoms with Crippen molar-refractivity contribution >= 4 is 45.9 Å². The molecule has 2 aromatic carbocycles. The van der Waals surface area contributed by atoms with Gasteiger partial charge in [0.1, 0.15) is 0 Å². The van der Waals surface area contributed by atoms with Crippen LogP contribution in [-0.4, -0.2) is 17.0 Å². The standard InChI is InChI=1S/C14H11Cl2N3/c1-19(13-9(15)5-4-6-10(13)16)14-17-11-7-2-3-8-12(11)18-14/h2-8H,1H3,(H,17,18). The number of H-pyrrole nitrogens is 1. The second kappa shape index (κ2) is 4.76. The van der Waals surface area contributed by atoms with Gasteiger partial charge in [-0.3, -0.25) is 0 Å². The topological polar surface area (TPSA) is 31.9 Å². The van der Waals surface area contributed by atoms with Gasteiger partial charge in [-0.05, 0) is 24.3 Å². The van der Waals surface area contributed by atoms with Crippen molar-refractivity contribution in [2.24, 2.45) is 0 Å². The molecule has 3 rings (SSSR count). The van der Waals surface area contributed by atoms with E-state index in [0.717, 1.165) is 16.7 Å². The van der Waals surface area contributed by atoms with Crippen LogP contribution in [0.3, 0.4) is 0 Å². The van der Waals surface area contributed by atoms with E-state index in [4.69, 9.17) is 23.2 Å². The van der Waals surface area contributed by atoms with Gasteiger partial charge < -0.3 is 9.88 Å². The number of nitrogens with zero attached hydrogens (tertiary/aromatic N) is 2. The Balaban J connectivity index is 2.10. The van der Waals surface area contributed by atoms with Crippen molar-refractivity contribution in [1.29, 1.82) is 0 Å². The minimum Gasteiger partial charge on any atom is -0.324 e. The maximum atomic E-state index is 6.21. The number of nitrogens with one attached hydrogen (secondary N) is 1. The summed E-state index contributed by atoms with van der Waals surface area (Å²) in [6.45, 7) is 0. The Labute approximate surface area is 120 Å². The van der Waals surface area contributed by atoms with Crippen molar-refractivity contribution in [1.82, 2.24) is 9.97 Å². The van der Waals surface area contributed by atoms with E-state index >= 15 is 0 Å². The lowest BCUT2D eigenvalue weighted by Gasteiger charge is -2.18. The van der Waals surface area contributed by atoms with Crippen LogP contribution in [0.4, 0.5) is 11.6 Å². The van der Waals surface area contributed by atoms with Crippen LogP contribution < -0.4 is 4.90 Å². The molecule has 3 nitrogen and oxygen atoms in total. The summed E-state index contributed by atoms with van der Waals surface area (Å²) in [5.74, 6) is 0.705. The normalized spacial score (nSPS) is 10.9. The van der Waals surface area contributed by atoms with Crippen LogP contribution in [0.1, 0.15) is 0 Å². The lowest BCUT2D eigenvalue weighted by Crippen LogP contribution is -2.12. The van der Waals surface area contributed by atoms with E-state index in [9.17, 15) is 0 Å². The summed E-state index contributed by atoms with van der Waals surface area (Å²) in [5.41, 5.74) is 2.63. The molecular formula is C14H11Cl2N3. The number of hydrogen-bond donors (Lipinski definition) is 1. The van der Waals surface area contributed by atoms with E-state index in [2.05, 4.69) is 9.97 Å². The molecule has 19 heavy (non-hydrogen) atoms. The number of aromatic nitrogens is 2. The molecule has 0 unspecified atom stereocenters. The van der Waals surface area contributed by atoms with Crippen molar-refractivity contribution < 1.29 is 0 Å². The van der Waals surface area contributed by atoms with Crippen molar-refractivity contribution in [2.45, 2.75) is 0 Å². The van der Waals surface area contributed by atoms with Crippen LogP contribution in [-0.2, 0) is 0 Å². The molecule has 0 fully saturated rings. The molecule has 0 aliphatic carbocycles. The minimum absolute atomic E-state index is 0.593. The summed E-state index contributed by atoms with van der Waals surface area (Å²) in [7, 11) is 1.88. The monoisotopic (exact) mass is 291 g/mol. The molecule has 0 radical (unpaired) electrons. The Morgan fingerprint density at radius 3 is 2.37 bits per heavy atom. The number of anilines is 2. The first-order valence-electron chi connectivity index (χ1n) is 5.79. The van der Waals surface area contributed by atoms with Crippen molar-refractivity contribution in [3.63, 3.8) is 0 Å². The third-order valence-electron chi connectivity index (χ3n) is 2.97. The summed E-state index contributed by atoms with van der Waals surface area (Å²) < 4.78 is 0. The van der Waals surface area contributed by atoms with Gasteiger partial charge in [-0.15, -0.1) is 0 Å². The number of halogens is 2. The fraction of sp³-hybridized carbons (Fsp3) is 0.0714. The minimum atomic E-state index is 0.593. The molecule has 5 heteroatoms. The average molecular weight is 292 g/mol. The molecule has 0 atom stereocenters. The third kappa shape index (κ3) is 2.15. The molecule has 1 heterocycles. The van der Waals surface area contributed by atoms with Crippen LogP contribution in [0.25, 0.3) is 11.0 Å². The van der Waals surface area contributed by atoms with E-state index in [1.807, 2.05) is 54.4 Å². The Morgan fingerprint density at radius 2 is 1.68 bits per heavy atom. The molecular weight excluding hydrogens is 281 g/mol. The highest BCUT2D eigenvalue weighted by Crippen LogP contribution is 2.36. The van der Waals surface area contributed by atoms with Crippen LogP contribution >= 0.6 is 23.2 Å². The van der Waals surface area contributed by atoms with Crippen molar-refractivity contribution in [3.05, 3.63) is 52.5 Å². The molecule has 0 bridgehead atoms. The summed E-state index contributed by atoms with van der Waals surface area (Å²) >= 11 is 12.4. The lowest BCUT2D eigenvalue weighted by molar-refractivity contribution is 1.11. The van der Waals surface area contributed by atoms with Gasteiger partial charge in [0.2, 0.25) is 5.95 Å². The van der Waals surface area contributed by atoms with Crippen LogP contribution in [0.15, 0.2) is 42.5 Å². The quantitative estimate of drug-likeness (QED) is 0.746. The highest BCUT2D eigenvalue weighted by molar-refractivity contribution is 6.39. The lowest BCUT2D eigenvalue weighted by atomic mass is 10.3. The number of imidazole rings is 1. The highest BCUT2D eigenvalue weighted by Gasteiger charge is 2.15. The predicted octanol–water partition coefficient (Wildman–Crippen LogP) is 4.64. The van der Waals surface area contributed by atoms with Crippen LogP contribution in [0.2, 0.25) is 10.0 Å². The van der Waals surface area contributed by atoms with E-state index in [1.165, 1.54) is 0 Å². The molecule has 0 aliphatic rings. The summed E-state index contributed by atoms with van der Waals surface area (Å²) in [5, 5.41) is 1.19. The summed E-state index contributed by atoms with van der Waals surface area (Å²) in [6, 6.07) is 13.3. The first-order chi connectivity index (χ1) is 9.16. The maximum Gasteiger partial charge on any atom is 0.208 e. The van der Waals surface area contributed by atoms with Gasteiger partial charge in [0.15, 0.2) is 0 Å². The number of hydrogen-bond acceptors (Lipinski definition) is 2. The summed E-state index contributed by atoms with van der Waals surface area (Å²) in [4.78, 5) is 9.62. The molecule has 0 amide bonds. The molecule has 0 saturated carbocycles. The molecule has 3 aromatic rings. The number of benzene rings is 2. The molecule has 1 N–H and O–H groups in total. The van der Waals surface area contributed by atoms with Crippen LogP contribution in [0, 0.1) is 0 Å². The Kier molecular flexibility index (Phi) is 3.09. The maximum absolute atomic E-state index is 6.21. The molecule has 96 valence electrons. The zero-order valence-electron chi connectivity index (χ0n) is 10.2. The average Bonchev–Trinajstić information content (AvgIpc) is 2.82. The molecule has 0 aliphatic heterocycles. The van der Waals surface area contributed by atoms with Gasteiger partial charge >= 0.3 is 0 Å². The predicted molar refractivity (Wildman–Crippen MR) is 80.6 cm³/mol. The Hall–Kier alpha value is -1.71. The van der Waals surface area contributed by atoms with Gasteiger partial charge in [0.25, 0.3) is 0 Å². The van der Waals surface area contributed by atoms with E-state index < -0.39 is 0 Å². The number of para-hydroxylation sites is 3. The SMILES string of the molecule is CN(c1nc2ccccc2[nH]1)c1c(Cl)cccc1Cl. The van der Waals surface area contributed by atoms with E-state index in [-0.39, 0.29) is 0 Å². The zero-order valence-corrected chi connectivity index (χ0v) is 11.7. The summed E-state index contributed by atoms with van der Waals surface area (Å²) in [6.07, 6.45) is 0. The second-order valence-electron chi connectivity index (χ2n) is 4.21. The number of aromatic amines is 1. The van der Waals surface area contributed by atoms with Gasteiger partial charge in [0.05, 0.1) is 26.8 Å². The molecule has 1 aromatic heterocycles. The first-order valence-corrected chi connectivity index (χ1v) is 6.55. The van der Waals surface area contributed by atoms with E-state index in [1.54, 1.807) is 0 Å². The van der Waals surface area contributed by atoms with Gasteiger partial charge in [0, 0.05) is 7.05 Å². The second-order valence-corrected chi connectivity index (χ2v) is 5.02. The van der Waals surface area contributed by atoms with E-state index in [0.29, 0.717) is 16.0 Å². The number of rotatable bonds is 2. The Bertz CT molecular complexity index is 683. The fourth-order valence-electron chi connectivity index (χ4n) is 2.01. The van der Waals surface area contributed by atoms with Crippen molar-refractivity contribution in [3.8, 4) is 0 Å². The highest BCUT2D eigenvalue weighted by atomic mass is 35.5. The van der Waals surface area contributed by atoms with Gasteiger partial charge in [-0.1, -0.05) is 41.4 Å². The largest absolute Gasteiger partial charge is 0.324 e. The van der Waals surface area contributed by atoms with Gasteiger partial charge in [-0.25, -0.2) is 4.98 Å².